The van der Waals surface area contributed by atoms with Crippen molar-refractivity contribution in [3.05, 3.63) is 6.20 Å². The van der Waals surface area contributed by atoms with Gasteiger partial charge in [-0.05, 0) is 11.8 Å². The van der Waals surface area contributed by atoms with Gasteiger partial charge in [0, 0.05) is 0 Å². The molecule has 0 spiro atoms. The van der Waals surface area contributed by atoms with Crippen molar-refractivity contribution in [2.24, 2.45) is 11.1 Å². The highest BCUT2D eigenvalue weighted by Crippen LogP contribution is 2.22. The first-order valence-corrected chi connectivity index (χ1v) is 5.49. The molecular formula is C9H17N3O2S. The van der Waals surface area contributed by atoms with Gasteiger partial charge < -0.3 is 9.84 Å². The summed E-state index contributed by atoms with van der Waals surface area (Å²) in [5.74, 6) is 0.362. The van der Waals surface area contributed by atoms with Gasteiger partial charge in [-0.25, -0.2) is 0 Å². The summed E-state index contributed by atoms with van der Waals surface area (Å²) < 4.78 is 12.9. The zero-order valence-corrected chi connectivity index (χ0v) is 9.99. The lowest BCUT2D eigenvalue weighted by Crippen LogP contribution is -2.41. The lowest BCUT2D eigenvalue weighted by atomic mass is 9.89. The lowest BCUT2D eigenvalue weighted by molar-refractivity contribution is 0.0123. The van der Waals surface area contributed by atoms with Crippen LogP contribution in [0.15, 0.2) is 6.20 Å². The maximum Gasteiger partial charge on any atom is 0.247 e. The van der Waals surface area contributed by atoms with E-state index in [-0.39, 0.29) is 5.41 Å². The maximum absolute atomic E-state index is 9.76. The van der Waals surface area contributed by atoms with Crippen LogP contribution in [0.5, 0.6) is 5.88 Å². The van der Waals surface area contributed by atoms with Crippen LogP contribution >= 0.6 is 11.7 Å². The van der Waals surface area contributed by atoms with Crippen LogP contribution in [0.1, 0.15) is 27.2 Å². The molecule has 0 fully saturated rings. The highest BCUT2D eigenvalue weighted by molar-refractivity contribution is 6.99. The number of hydrogen-bond donors (Lipinski definition) is 2. The van der Waals surface area contributed by atoms with Gasteiger partial charge in [0.05, 0.1) is 11.7 Å². The van der Waals surface area contributed by atoms with Crippen LogP contribution in [0.4, 0.5) is 0 Å². The van der Waals surface area contributed by atoms with Crippen molar-refractivity contribution in [3.8, 4) is 5.88 Å². The number of aromatic nitrogens is 2. The number of rotatable bonds is 4. The fraction of sp³-hybridized carbons (Fsp3) is 0.778. The predicted molar refractivity (Wildman–Crippen MR) is 58.6 cm³/mol. The third-order valence-corrected chi connectivity index (χ3v) is 2.26. The fourth-order valence-corrected chi connectivity index (χ4v) is 1.52. The number of nitrogens with zero attached hydrogens (tertiary/aromatic N) is 2. The van der Waals surface area contributed by atoms with E-state index in [1.54, 1.807) is 0 Å². The molecule has 0 aromatic carbocycles. The van der Waals surface area contributed by atoms with Gasteiger partial charge in [-0.1, -0.05) is 20.8 Å². The predicted octanol–water partition coefficient (Wildman–Crippen LogP) is 0.999. The van der Waals surface area contributed by atoms with E-state index in [4.69, 9.17) is 10.5 Å². The largest absolute Gasteiger partial charge is 0.454 e. The number of aliphatic hydroxyl groups is 1. The van der Waals surface area contributed by atoms with Crippen molar-refractivity contribution in [1.82, 2.24) is 8.75 Å². The monoisotopic (exact) mass is 231 g/mol. The minimum atomic E-state index is -0.756. The molecule has 1 heterocycles. The number of hydrogen-bond acceptors (Lipinski definition) is 6. The molecule has 0 amide bonds. The van der Waals surface area contributed by atoms with Crippen LogP contribution in [0.2, 0.25) is 0 Å². The Bertz CT molecular complexity index is 284. The molecule has 0 saturated heterocycles. The molecule has 0 bridgehead atoms. The molecular weight excluding hydrogens is 214 g/mol. The molecule has 0 radical (unpaired) electrons. The minimum absolute atomic E-state index is 0.0146. The van der Waals surface area contributed by atoms with Crippen LogP contribution < -0.4 is 10.5 Å². The third kappa shape index (κ3) is 4.55. The molecule has 3 N–H and O–H groups in total. The zero-order chi connectivity index (χ0) is 11.5. The van der Waals surface area contributed by atoms with E-state index in [9.17, 15) is 5.11 Å². The summed E-state index contributed by atoms with van der Waals surface area (Å²) in [4.78, 5) is 0. The van der Waals surface area contributed by atoms with Gasteiger partial charge in [0.1, 0.15) is 12.3 Å². The maximum atomic E-state index is 9.76. The number of ether oxygens (including phenoxy) is 1. The summed E-state index contributed by atoms with van der Waals surface area (Å²) in [6.07, 6.45) is 0.597. The summed E-state index contributed by atoms with van der Waals surface area (Å²) in [5.41, 5.74) is 5.69. The third-order valence-electron chi connectivity index (χ3n) is 1.80. The van der Waals surface area contributed by atoms with E-state index < -0.39 is 12.3 Å². The molecule has 2 unspecified atom stereocenters. The molecule has 86 valence electrons. The van der Waals surface area contributed by atoms with E-state index in [2.05, 4.69) is 8.75 Å². The van der Waals surface area contributed by atoms with Crippen molar-refractivity contribution in [1.29, 1.82) is 0 Å². The summed E-state index contributed by atoms with van der Waals surface area (Å²) in [6, 6.07) is 0. The topological polar surface area (TPSA) is 81.3 Å². The van der Waals surface area contributed by atoms with Gasteiger partial charge in [-0.15, -0.1) is 4.37 Å². The van der Waals surface area contributed by atoms with Gasteiger partial charge in [-0.2, -0.15) is 4.37 Å². The van der Waals surface area contributed by atoms with Crippen molar-refractivity contribution in [3.63, 3.8) is 0 Å². The Morgan fingerprint density at radius 1 is 1.60 bits per heavy atom. The van der Waals surface area contributed by atoms with Crippen molar-refractivity contribution in [2.75, 3.05) is 0 Å². The Balaban J connectivity index is 2.43. The van der Waals surface area contributed by atoms with E-state index in [1.807, 2.05) is 20.8 Å². The van der Waals surface area contributed by atoms with Crippen molar-refractivity contribution in [2.45, 2.75) is 39.5 Å². The van der Waals surface area contributed by atoms with Crippen molar-refractivity contribution >= 4 is 11.7 Å². The molecule has 2 atom stereocenters. The number of aliphatic hydroxyl groups excluding tert-OH is 1. The van der Waals surface area contributed by atoms with Gasteiger partial charge in [0.25, 0.3) is 0 Å². The van der Waals surface area contributed by atoms with Crippen LogP contribution in [-0.4, -0.2) is 26.2 Å². The van der Waals surface area contributed by atoms with Crippen LogP contribution in [0.3, 0.4) is 0 Å². The standard InChI is InChI=1S/C9H17N3O2S/c1-9(2,3)4-6(13)8(10)14-7-5-11-15-12-7/h5-6,8,13H,4,10H2,1-3H3. The van der Waals surface area contributed by atoms with Gasteiger partial charge in [0.15, 0.2) is 6.23 Å². The second-order valence-electron chi connectivity index (χ2n) is 4.66. The van der Waals surface area contributed by atoms with Gasteiger partial charge in [-0.3, -0.25) is 5.73 Å². The molecule has 0 saturated carbocycles. The molecule has 0 aliphatic carbocycles. The summed E-state index contributed by atoms with van der Waals surface area (Å²) in [7, 11) is 0. The number of nitrogens with two attached hydrogens (primary N) is 1. The minimum Gasteiger partial charge on any atom is -0.454 e. The molecule has 5 nitrogen and oxygen atoms in total. The first-order chi connectivity index (χ1) is 6.88. The van der Waals surface area contributed by atoms with E-state index in [0.717, 1.165) is 11.7 Å². The second-order valence-corrected chi connectivity index (χ2v) is 5.22. The van der Waals surface area contributed by atoms with E-state index in [0.29, 0.717) is 12.3 Å². The Morgan fingerprint density at radius 3 is 2.73 bits per heavy atom. The average Bonchev–Trinajstić information content (AvgIpc) is 2.53. The summed E-state index contributed by atoms with van der Waals surface area (Å²) in [5, 5.41) is 9.76. The molecule has 1 aromatic heterocycles. The Hall–Kier alpha value is -0.720. The SMILES string of the molecule is CC(C)(C)CC(O)C(N)Oc1cnsn1. The smallest absolute Gasteiger partial charge is 0.247 e. The van der Waals surface area contributed by atoms with E-state index >= 15 is 0 Å². The second kappa shape index (κ2) is 4.87. The molecule has 0 aliphatic heterocycles. The Morgan fingerprint density at radius 2 is 2.27 bits per heavy atom. The van der Waals surface area contributed by atoms with Crippen LogP contribution in [0, 0.1) is 5.41 Å². The van der Waals surface area contributed by atoms with Gasteiger partial charge >= 0.3 is 0 Å². The highest BCUT2D eigenvalue weighted by atomic mass is 32.1. The lowest BCUT2D eigenvalue weighted by Gasteiger charge is -2.25. The molecule has 1 rings (SSSR count). The fourth-order valence-electron chi connectivity index (χ4n) is 1.17. The first-order valence-electron chi connectivity index (χ1n) is 4.76. The Labute approximate surface area is 93.6 Å². The Kier molecular flexibility index (Phi) is 4.01. The molecule has 1 aromatic rings. The summed E-state index contributed by atoms with van der Waals surface area (Å²) in [6.45, 7) is 6.11. The highest BCUT2D eigenvalue weighted by Gasteiger charge is 2.23. The van der Waals surface area contributed by atoms with Crippen LogP contribution in [-0.2, 0) is 0 Å². The normalized spacial score (nSPS) is 16.1. The van der Waals surface area contributed by atoms with E-state index in [1.165, 1.54) is 6.20 Å². The molecule has 6 heteroatoms. The molecule has 15 heavy (non-hydrogen) atoms. The van der Waals surface area contributed by atoms with Gasteiger partial charge in [0.2, 0.25) is 5.88 Å². The summed E-state index contributed by atoms with van der Waals surface area (Å²) >= 11 is 1.04. The average molecular weight is 231 g/mol. The van der Waals surface area contributed by atoms with Crippen molar-refractivity contribution < 1.29 is 9.84 Å². The first kappa shape index (κ1) is 12.4. The quantitative estimate of drug-likeness (QED) is 0.755. The van der Waals surface area contributed by atoms with Crippen LogP contribution in [0.25, 0.3) is 0 Å². The zero-order valence-electron chi connectivity index (χ0n) is 9.17. The molecule has 0 aliphatic rings.